The van der Waals surface area contributed by atoms with Crippen LogP contribution in [0.4, 0.5) is 11.4 Å². The Kier molecular flexibility index (Phi) is 6.26. The number of benzene rings is 1. The summed E-state index contributed by atoms with van der Waals surface area (Å²) in [5, 5.41) is 54.2. The molecule has 6 N–H and O–H groups in total. The maximum absolute atomic E-state index is 13.9. The summed E-state index contributed by atoms with van der Waals surface area (Å²) in [7, 11) is 3.09. The van der Waals surface area contributed by atoms with Gasteiger partial charge in [0.05, 0.1) is 17.7 Å². The first kappa shape index (κ1) is 26.1. The molecule has 1 saturated carbocycles. The van der Waals surface area contributed by atoms with Crippen molar-refractivity contribution in [2.45, 2.75) is 38.3 Å². The molecule has 1 aromatic carbocycles. The van der Waals surface area contributed by atoms with Crippen molar-refractivity contribution in [1.29, 1.82) is 5.39 Å². The van der Waals surface area contributed by atoms with Gasteiger partial charge in [-0.05, 0) is 52.3 Å². The molecule has 37 heavy (non-hydrogen) atoms. The lowest BCUT2D eigenvalue weighted by molar-refractivity contribution is -0.153. The van der Waals surface area contributed by atoms with Crippen LogP contribution >= 0.6 is 0 Å². The Labute approximate surface area is 212 Å². The number of aliphatic hydroxyl groups is 3. The summed E-state index contributed by atoms with van der Waals surface area (Å²) in [5.41, 5.74) is 2.26. The van der Waals surface area contributed by atoms with Crippen LogP contribution in [0.3, 0.4) is 0 Å². The fraction of sp³-hybridized carbons (Fsp3) is 0.480. The molecule has 0 radical (unpaired) electrons. The maximum atomic E-state index is 13.9. The van der Waals surface area contributed by atoms with Crippen LogP contribution in [0.5, 0.6) is 5.75 Å². The van der Waals surface area contributed by atoms with Gasteiger partial charge < -0.3 is 31.1 Å². The Hall–Kier alpha value is -3.95. The Morgan fingerprint density at radius 1 is 1.22 bits per heavy atom. The number of Topliss-reactive ketones (excluding diaryl/α,β-unsaturated/α-hetero) is 2. The Morgan fingerprint density at radius 3 is 2.35 bits per heavy atom. The predicted octanol–water partition coefficient (Wildman–Crippen LogP) is 1.29. The summed E-state index contributed by atoms with van der Waals surface area (Å²) in [6, 6.07) is 0.338. The summed E-state index contributed by atoms with van der Waals surface area (Å²) in [5.74, 6) is -7.36. The highest BCUT2D eigenvalue weighted by atomic mass is 16.3. The molecule has 0 spiro atoms. The molecule has 4 unspecified atom stereocenters. The van der Waals surface area contributed by atoms with Gasteiger partial charge in [0.1, 0.15) is 17.1 Å². The molecule has 12 heteroatoms. The number of aliphatic hydroxyl groups excluding tert-OH is 2. The van der Waals surface area contributed by atoms with Gasteiger partial charge in [0.25, 0.3) is 5.91 Å². The van der Waals surface area contributed by atoms with Crippen molar-refractivity contribution < 1.29 is 34.8 Å². The van der Waals surface area contributed by atoms with Crippen LogP contribution < -0.4 is 10.6 Å². The lowest BCUT2D eigenvalue weighted by Gasteiger charge is -2.50. The summed E-state index contributed by atoms with van der Waals surface area (Å²) >= 11 is 0. The molecule has 0 saturated heterocycles. The van der Waals surface area contributed by atoms with Gasteiger partial charge in [0.15, 0.2) is 16.4 Å². The SMILES string of the molecule is CCN(CC)c1cc([N+]#N)c(O)c2c1CC1CC3C(N(C)C)C(=O)C(C(N)=O)=C(O)C3(O)C(=O)C1=C2O. The zero-order valence-corrected chi connectivity index (χ0v) is 21.0. The topological polar surface area (TPSA) is 193 Å². The minimum Gasteiger partial charge on any atom is -0.508 e. The predicted molar refractivity (Wildman–Crippen MR) is 133 cm³/mol. The number of nitrogens with two attached hydrogens (primary N) is 1. The van der Waals surface area contributed by atoms with E-state index >= 15 is 0 Å². The number of likely N-dealkylation sites (N-methyl/N-ethyl adjacent to an activating group) is 1. The molecule has 4 rings (SSSR count). The van der Waals surface area contributed by atoms with Gasteiger partial charge >= 0.3 is 5.69 Å². The number of hydrogen-bond donors (Lipinski definition) is 5. The number of rotatable bonds is 5. The van der Waals surface area contributed by atoms with E-state index in [1.165, 1.54) is 11.0 Å². The normalized spacial score (nSPS) is 27.0. The van der Waals surface area contributed by atoms with E-state index in [9.17, 15) is 40.2 Å². The van der Waals surface area contributed by atoms with Crippen LogP contribution in [-0.4, -0.2) is 81.6 Å². The Balaban J connectivity index is 2.02. The van der Waals surface area contributed by atoms with Crippen molar-refractivity contribution in [1.82, 2.24) is 4.90 Å². The highest BCUT2D eigenvalue weighted by Gasteiger charge is 2.64. The molecule has 3 aliphatic rings. The number of ketones is 2. The second kappa shape index (κ2) is 8.86. The average molecular weight is 513 g/mol. The Bertz CT molecular complexity index is 1340. The van der Waals surface area contributed by atoms with Gasteiger partial charge in [-0.1, -0.05) is 0 Å². The largest absolute Gasteiger partial charge is 0.508 e. The molecule has 0 heterocycles. The molecule has 196 valence electrons. The number of aromatic hydroxyl groups is 1. The van der Waals surface area contributed by atoms with Gasteiger partial charge in [-0.25, -0.2) is 0 Å². The van der Waals surface area contributed by atoms with Crippen molar-refractivity contribution in [3.05, 3.63) is 39.1 Å². The third kappa shape index (κ3) is 3.42. The second-order valence-corrected chi connectivity index (χ2v) is 9.85. The van der Waals surface area contributed by atoms with Crippen LogP contribution in [0.25, 0.3) is 10.7 Å². The van der Waals surface area contributed by atoms with Crippen LogP contribution in [0.15, 0.2) is 23.0 Å². The zero-order chi connectivity index (χ0) is 27.6. The Morgan fingerprint density at radius 2 is 1.84 bits per heavy atom. The lowest BCUT2D eigenvalue weighted by Crippen LogP contribution is -2.65. The van der Waals surface area contributed by atoms with E-state index in [1.807, 2.05) is 18.7 Å². The van der Waals surface area contributed by atoms with E-state index in [-0.39, 0.29) is 29.7 Å². The molecule has 0 aliphatic heterocycles. The molecule has 1 aromatic rings. The van der Waals surface area contributed by atoms with Gasteiger partial charge in [-0.15, -0.1) is 0 Å². The molecule has 12 nitrogen and oxygen atoms in total. The second-order valence-electron chi connectivity index (χ2n) is 9.85. The van der Waals surface area contributed by atoms with E-state index in [2.05, 4.69) is 4.98 Å². The molecule has 0 aromatic heterocycles. The van der Waals surface area contributed by atoms with Crippen molar-refractivity contribution >= 4 is 34.6 Å². The van der Waals surface area contributed by atoms with Gasteiger partial charge in [-0.2, -0.15) is 0 Å². The number of phenols is 1. The molecule has 3 aliphatic carbocycles. The average Bonchev–Trinajstić information content (AvgIpc) is 2.82. The van der Waals surface area contributed by atoms with Crippen LogP contribution in [-0.2, 0) is 20.8 Å². The molecular weight excluding hydrogens is 482 g/mol. The number of carbonyl (C=O) groups is 3. The van der Waals surface area contributed by atoms with Crippen LogP contribution in [0.2, 0.25) is 0 Å². The van der Waals surface area contributed by atoms with E-state index in [4.69, 9.17) is 5.73 Å². The minimum absolute atomic E-state index is 0.00363. The first-order valence-corrected chi connectivity index (χ1v) is 12.0. The highest BCUT2D eigenvalue weighted by molar-refractivity contribution is 6.24. The number of fused-ring (bicyclic) bond motifs is 3. The number of nitrogens with zero attached hydrogens (tertiary/aromatic N) is 4. The standard InChI is InChI=1S/C25H29N5O7/c1-5-30(6-2)14-9-13(28-27)19(31)16-11(14)7-10-8-12-18(29(3)4)21(33)17(24(26)36)23(35)25(12,37)22(34)15(10)20(16)32/h9-10,12,18,37H,5-8H2,1-4H3,(H4-,26,31,32,33,34,35,36)/p+1. The number of phenolic OH excluding ortho intramolecular Hbond substituents is 1. The third-order valence-electron chi connectivity index (χ3n) is 7.89. The van der Waals surface area contributed by atoms with Crippen molar-refractivity contribution in [2.24, 2.45) is 17.6 Å². The van der Waals surface area contributed by atoms with Crippen molar-refractivity contribution in [3.8, 4) is 5.75 Å². The fourth-order valence-corrected chi connectivity index (χ4v) is 6.20. The summed E-state index contributed by atoms with van der Waals surface area (Å²) in [6.07, 6.45) is 0.149. The number of amides is 1. The lowest BCUT2D eigenvalue weighted by atomic mass is 9.57. The molecular formula is C25H30N5O7+. The molecule has 4 atom stereocenters. The quantitative estimate of drug-likeness (QED) is 0.283. The summed E-state index contributed by atoms with van der Waals surface area (Å²) < 4.78 is 0. The van der Waals surface area contributed by atoms with E-state index in [0.717, 1.165) is 0 Å². The van der Waals surface area contributed by atoms with Gasteiger partial charge in [-0.3, -0.25) is 19.3 Å². The third-order valence-corrected chi connectivity index (χ3v) is 7.89. The van der Waals surface area contributed by atoms with E-state index in [1.54, 1.807) is 14.1 Å². The van der Waals surface area contributed by atoms with Crippen molar-refractivity contribution in [3.63, 3.8) is 0 Å². The highest BCUT2D eigenvalue weighted by Crippen LogP contribution is 2.55. The van der Waals surface area contributed by atoms with E-state index < -0.39 is 63.8 Å². The number of carbonyl (C=O) groups excluding carboxylic acids is 3. The van der Waals surface area contributed by atoms with Gasteiger partial charge in [0.2, 0.25) is 16.9 Å². The molecule has 1 fully saturated rings. The number of anilines is 1. The molecule has 1 amide bonds. The zero-order valence-electron chi connectivity index (χ0n) is 21.0. The van der Waals surface area contributed by atoms with Crippen LogP contribution in [0, 0.1) is 17.2 Å². The molecule has 0 bridgehead atoms. The van der Waals surface area contributed by atoms with Crippen LogP contribution in [0.1, 0.15) is 31.4 Å². The number of hydrogen-bond acceptors (Lipinski definition) is 10. The first-order valence-electron chi connectivity index (χ1n) is 12.0. The maximum Gasteiger partial charge on any atom is 0.428 e. The number of primary amides is 1. The minimum atomic E-state index is -2.71. The summed E-state index contributed by atoms with van der Waals surface area (Å²) in [4.78, 5) is 45.6. The fourth-order valence-electron chi connectivity index (χ4n) is 6.20. The van der Waals surface area contributed by atoms with E-state index in [0.29, 0.717) is 24.3 Å². The summed E-state index contributed by atoms with van der Waals surface area (Å²) in [6.45, 7) is 4.95. The van der Waals surface area contributed by atoms with Gasteiger partial charge in [0, 0.05) is 30.3 Å². The first-order chi connectivity index (χ1) is 17.4. The monoisotopic (exact) mass is 512 g/mol. The van der Waals surface area contributed by atoms with Crippen molar-refractivity contribution in [2.75, 3.05) is 32.1 Å². The number of diazo groups is 1. The smallest absolute Gasteiger partial charge is 0.428 e.